The molecule has 0 fully saturated rings. The van der Waals surface area contributed by atoms with Crippen molar-refractivity contribution in [3.8, 4) is 0 Å². The predicted octanol–water partition coefficient (Wildman–Crippen LogP) is 4.13. The molecular weight excluding hydrogens is 247 g/mol. The normalized spacial score (nSPS) is 13.6. The Hall–Kier alpha value is 0.730. The fraction of sp³-hybridized carbons (Fsp3) is 1.00. The van der Waals surface area contributed by atoms with Crippen molar-refractivity contribution in [3.05, 3.63) is 0 Å². The van der Waals surface area contributed by atoms with Crippen LogP contribution in [0.1, 0.15) is 41.5 Å². The lowest BCUT2D eigenvalue weighted by atomic mass is 9.77. The monoisotopic (exact) mass is 268 g/mol. The average molecular weight is 268 g/mol. The Morgan fingerprint density at radius 2 is 0.909 bits per heavy atom. The molecule has 0 aromatic carbocycles. The Balaban J connectivity index is 4.53. The van der Waals surface area contributed by atoms with E-state index in [9.17, 15) is 0 Å². The van der Waals surface area contributed by atoms with Gasteiger partial charge in [-0.05, 0) is 17.8 Å². The number of hydrogen-bond donors (Lipinski definition) is 0. The Kier molecular flexibility index (Phi) is 4.38. The van der Waals surface area contributed by atoms with Crippen LogP contribution in [-0.2, 0) is 0 Å². The quantitative estimate of drug-likeness (QED) is 0.533. The van der Waals surface area contributed by atoms with Crippen molar-refractivity contribution in [3.63, 3.8) is 0 Å². The maximum absolute atomic E-state index is 2.64. The Bertz CT molecular complexity index is 92.3. The maximum Gasteiger partial charge on any atom is 0.0291 e. The highest BCUT2D eigenvalue weighted by Crippen LogP contribution is 2.42. The highest BCUT2D eigenvalue weighted by Gasteiger charge is 2.36. The standard InChI is InChI=1S/C10H21I/c1-7(2)10(11,8(3)4)9(5)6/h7-9H,1-6H3. The van der Waals surface area contributed by atoms with Crippen molar-refractivity contribution >= 4 is 22.6 Å². The van der Waals surface area contributed by atoms with E-state index >= 15 is 0 Å². The number of halogens is 1. The molecule has 0 aromatic heterocycles. The smallest absolute Gasteiger partial charge is 0.0291 e. The third-order valence-electron chi connectivity index (χ3n) is 2.65. The second kappa shape index (κ2) is 4.11. The lowest BCUT2D eigenvalue weighted by molar-refractivity contribution is 0.277. The summed E-state index contributed by atoms with van der Waals surface area (Å²) < 4.78 is 0.470. The zero-order chi connectivity index (χ0) is 9.23. The molecule has 0 spiro atoms. The first-order chi connectivity index (χ1) is 4.83. The van der Waals surface area contributed by atoms with Crippen LogP contribution in [0.5, 0.6) is 0 Å². The Morgan fingerprint density at radius 3 is 0.909 bits per heavy atom. The average Bonchev–Trinajstić information content (AvgIpc) is 1.84. The first kappa shape index (κ1) is 11.7. The second-order valence-corrected chi connectivity index (χ2v) is 6.16. The number of alkyl halides is 1. The number of rotatable bonds is 3. The zero-order valence-electron chi connectivity index (χ0n) is 8.61. The summed E-state index contributed by atoms with van der Waals surface area (Å²) in [6.45, 7) is 14.0. The van der Waals surface area contributed by atoms with Gasteiger partial charge in [0.25, 0.3) is 0 Å². The SMILES string of the molecule is CC(C)C(I)(C(C)C)C(C)C. The van der Waals surface area contributed by atoms with Gasteiger partial charge in [0.15, 0.2) is 0 Å². The van der Waals surface area contributed by atoms with Crippen molar-refractivity contribution < 1.29 is 0 Å². The third kappa shape index (κ3) is 2.33. The number of hydrogen-bond acceptors (Lipinski definition) is 0. The van der Waals surface area contributed by atoms with E-state index < -0.39 is 0 Å². The minimum atomic E-state index is 0.470. The molecule has 0 amide bonds. The molecule has 0 aliphatic rings. The fourth-order valence-electron chi connectivity index (χ4n) is 2.00. The van der Waals surface area contributed by atoms with Crippen LogP contribution in [0.25, 0.3) is 0 Å². The fourth-order valence-corrected chi connectivity index (χ4v) is 2.00. The first-order valence-electron chi connectivity index (χ1n) is 4.52. The molecule has 0 rings (SSSR count). The van der Waals surface area contributed by atoms with Gasteiger partial charge in [0.1, 0.15) is 0 Å². The topological polar surface area (TPSA) is 0 Å². The van der Waals surface area contributed by atoms with E-state index in [-0.39, 0.29) is 0 Å². The molecule has 11 heavy (non-hydrogen) atoms. The van der Waals surface area contributed by atoms with Crippen LogP contribution < -0.4 is 0 Å². The van der Waals surface area contributed by atoms with Gasteiger partial charge in [0, 0.05) is 3.42 Å². The molecule has 0 saturated carbocycles. The summed E-state index contributed by atoms with van der Waals surface area (Å²) in [6, 6.07) is 0. The molecule has 0 aliphatic carbocycles. The second-order valence-electron chi connectivity index (χ2n) is 4.29. The van der Waals surface area contributed by atoms with Gasteiger partial charge in [-0.1, -0.05) is 64.1 Å². The van der Waals surface area contributed by atoms with Crippen molar-refractivity contribution in [2.45, 2.75) is 45.0 Å². The summed E-state index contributed by atoms with van der Waals surface area (Å²) in [5, 5.41) is 0. The van der Waals surface area contributed by atoms with Crippen LogP contribution >= 0.6 is 22.6 Å². The van der Waals surface area contributed by atoms with Gasteiger partial charge in [0.2, 0.25) is 0 Å². The van der Waals surface area contributed by atoms with E-state index in [1.807, 2.05) is 0 Å². The Morgan fingerprint density at radius 1 is 0.727 bits per heavy atom. The lowest BCUT2D eigenvalue weighted by Crippen LogP contribution is -2.39. The van der Waals surface area contributed by atoms with Crippen molar-refractivity contribution in [1.82, 2.24) is 0 Å². The molecule has 68 valence electrons. The van der Waals surface area contributed by atoms with E-state index in [1.54, 1.807) is 0 Å². The molecule has 0 bridgehead atoms. The first-order valence-corrected chi connectivity index (χ1v) is 5.60. The molecule has 0 radical (unpaired) electrons. The van der Waals surface area contributed by atoms with Gasteiger partial charge in [-0.3, -0.25) is 0 Å². The van der Waals surface area contributed by atoms with Gasteiger partial charge in [0.05, 0.1) is 0 Å². The summed E-state index contributed by atoms with van der Waals surface area (Å²) in [5.41, 5.74) is 0. The summed E-state index contributed by atoms with van der Waals surface area (Å²) in [7, 11) is 0. The van der Waals surface area contributed by atoms with E-state index in [2.05, 4.69) is 64.1 Å². The van der Waals surface area contributed by atoms with Gasteiger partial charge in [-0.15, -0.1) is 0 Å². The molecule has 0 aromatic rings. The molecule has 0 atom stereocenters. The van der Waals surface area contributed by atoms with Crippen molar-refractivity contribution in [2.24, 2.45) is 17.8 Å². The third-order valence-corrected chi connectivity index (χ3v) is 6.39. The molecule has 0 aliphatic heterocycles. The summed E-state index contributed by atoms with van der Waals surface area (Å²) in [5.74, 6) is 2.30. The van der Waals surface area contributed by atoms with E-state index in [4.69, 9.17) is 0 Å². The molecule has 1 heteroatoms. The van der Waals surface area contributed by atoms with Gasteiger partial charge >= 0.3 is 0 Å². The zero-order valence-corrected chi connectivity index (χ0v) is 10.8. The molecular formula is C10H21I. The molecule has 0 nitrogen and oxygen atoms in total. The summed E-state index contributed by atoms with van der Waals surface area (Å²) >= 11 is 2.64. The highest BCUT2D eigenvalue weighted by molar-refractivity contribution is 14.1. The highest BCUT2D eigenvalue weighted by atomic mass is 127. The van der Waals surface area contributed by atoms with Gasteiger partial charge in [-0.2, -0.15) is 0 Å². The maximum atomic E-state index is 2.64. The minimum absolute atomic E-state index is 0.470. The molecule has 0 N–H and O–H groups in total. The summed E-state index contributed by atoms with van der Waals surface area (Å²) in [6.07, 6.45) is 0. The van der Waals surface area contributed by atoms with E-state index in [0.29, 0.717) is 3.42 Å². The van der Waals surface area contributed by atoms with E-state index in [1.165, 1.54) is 0 Å². The van der Waals surface area contributed by atoms with Crippen molar-refractivity contribution in [2.75, 3.05) is 0 Å². The Labute approximate surface area is 85.3 Å². The molecule has 0 heterocycles. The van der Waals surface area contributed by atoms with Crippen LogP contribution in [0.2, 0.25) is 0 Å². The van der Waals surface area contributed by atoms with Crippen LogP contribution in [0.15, 0.2) is 0 Å². The van der Waals surface area contributed by atoms with Crippen LogP contribution in [0, 0.1) is 17.8 Å². The largest absolute Gasteiger partial charge is 0.0780 e. The predicted molar refractivity (Wildman–Crippen MR) is 61.3 cm³/mol. The summed E-state index contributed by atoms with van der Waals surface area (Å²) in [4.78, 5) is 0. The van der Waals surface area contributed by atoms with Crippen LogP contribution in [-0.4, -0.2) is 3.42 Å². The van der Waals surface area contributed by atoms with Crippen LogP contribution in [0.3, 0.4) is 0 Å². The van der Waals surface area contributed by atoms with Gasteiger partial charge in [-0.25, -0.2) is 0 Å². The minimum Gasteiger partial charge on any atom is -0.0780 e. The lowest BCUT2D eigenvalue weighted by Gasteiger charge is -2.39. The van der Waals surface area contributed by atoms with Crippen LogP contribution in [0.4, 0.5) is 0 Å². The van der Waals surface area contributed by atoms with Crippen molar-refractivity contribution in [1.29, 1.82) is 0 Å². The van der Waals surface area contributed by atoms with Gasteiger partial charge < -0.3 is 0 Å². The molecule has 0 unspecified atom stereocenters. The molecule has 0 saturated heterocycles. The van der Waals surface area contributed by atoms with E-state index in [0.717, 1.165) is 17.8 Å².